The minimum absolute atomic E-state index is 0.100. The van der Waals surface area contributed by atoms with Crippen LogP contribution in [0.1, 0.15) is 19.8 Å². The molecule has 0 unspecified atom stereocenters. The summed E-state index contributed by atoms with van der Waals surface area (Å²) in [5.74, 6) is 0.204. The molecule has 0 saturated carbocycles. The standard InChI is InChI=1S/C14H17N3OS/c1-9-8-10(6-7-15-9)13(18)17-14-16-11-4-2-3-5-12(11)19-14/h2-5,9-10,15H,6-8H2,1H3,(H,16,17,18)/t9-,10-/m0/s1. The van der Waals surface area contributed by atoms with E-state index >= 15 is 0 Å². The van der Waals surface area contributed by atoms with Gasteiger partial charge in [0.1, 0.15) is 0 Å². The number of benzene rings is 1. The Hall–Kier alpha value is -1.46. The van der Waals surface area contributed by atoms with Crippen molar-refractivity contribution in [2.24, 2.45) is 5.92 Å². The van der Waals surface area contributed by atoms with E-state index in [2.05, 4.69) is 22.5 Å². The summed E-state index contributed by atoms with van der Waals surface area (Å²) in [6.45, 7) is 3.04. The molecule has 4 nitrogen and oxygen atoms in total. The maximum Gasteiger partial charge on any atom is 0.229 e. The number of rotatable bonds is 2. The topological polar surface area (TPSA) is 54.0 Å². The maximum absolute atomic E-state index is 12.2. The van der Waals surface area contributed by atoms with E-state index in [1.54, 1.807) is 0 Å². The average molecular weight is 275 g/mol. The Morgan fingerprint density at radius 2 is 2.32 bits per heavy atom. The number of nitrogens with zero attached hydrogens (tertiary/aromatic N) is 1. The lowest BCUT2D eigenvalue weighted by Crippen LogP contribution is -2.40. The SMILES string of the molecule is C[C@H]1C[C@@H](C(=O)Nc2nc3ccccc3s2)CCN1. The van der Waals surface area contributed by atoms with Crippen LogP contribution >= 0.6 is 11.3 Å². The van der Waals surface area contributed by atoms with Crippen LogP contribution < -0.4 is 10.6 Å². The van der Waals surface area contributed by atoms with Crippen LogP contribution in [0.4, 0.5) is 5.13 Å². The minimum atomic E-state index is 0.100. The summed E-state index contributed by atoms with van der Waals surface area (Å²) in [5, 5.41) is 7.03. The molecule has 2 atom stereocenters. The average Bonchev–Trinajstić information content (AvgIpc) is 2.80. The Balaban J connectivity index is 1.71. The van der Waals surface area contributed by atoms with E-state index in [4.69, 9.17) is 0 Å². The molecule has 2 N–H and O–H groups in total. The second kappa shape index (κ2) is 5.27. The molecule has 0 spiro atoms. The first-order valence-corrected chi connectivity index (χ1v) is 7.44. The van der Waals surface area contributed by atoms with Gasteiger partial charge in [-0.05, 0) is 38.4 Å². The summed E-state index contributed by atoms with van der Waals surface area (Å²) < 4.78 is 1.11. The van der Waals surface area contributed by atoms with E-state index in [9.17, 15) is 4.79 Å². The van der Waals surface area contributed by atoms with Gasteiger partial charge in [0.15, 0.2) is 5.13 Å². The number of hydrogen-bond donors (Lipinski definition) is 2. The smallest absolute Gasteiger partial charge is 0.229 e. The largest absolute Gasteiger partial charge is 0.314 e. The van der Waals surface area contributed by atoms with Crippen LogP contribution in [0, 0.1) is 5.92 Å². The predicted molar refractivity (Wildman–Crippen MR) is 78.4 cm³/mol. The van der Waals surface area contributed by atoms with E-state index in [1.165, 1.54) is 11.3 Å². The molecule has 0 aliphatic carbocycles. The minimum Gasteiger partial charge on any atom is -0.314 e. The zero-order chi connectivity index (χ0) is 13.2. The maximum atomic E-state index is 12.2. The first-order valence-electron chi connectivity index (χ1n) is 6.62. The lowest BCUT2D eigenvalue weighted by atomic mass is 9.93. The molecule has 2 aromatic rings. The molecular formula is C14H17N3OS. The highest BCUT2D eigenvalue weighted by Crippen LogP contribution is 2.26. The quantitative estimate of drug-likeness (QED) is 0.886. The number of fused-ring (bicyclic) bond motifs is 1. The number of thiazole rings is 1. The molecule has 0 radical (unpaired) electrons. The van der Waals surface area contributed by atoms with Crippen molar-refractivity contribution in [1.82, 2.24) is 10.3 Å². The van der Waals surface area contributed by atoms with E-state index in [0.29, 0.717) is 11.2 Å². The zero-order valence-electron chi connectivity index (χ0n) is 10.8. The van der Waals surface area contributed by atoms with E-state index in [-0.39, 0.29) is 11.8 Å². The molecule has 100 valence electrons. The number of carbonyl (C=O) groups excluding carboxylic acids is 1. The Morgan fingerprint density at radius 1 is 1.47 bits per heavy atom. The van der Waals surface area contributed by atoms with Crippen molar-refractivity contribution in [3.05, 3.63) is 24.3 Å². The molecule has 0 bridgehead atoms. The Kier molecular flexibility index (Phi) is 3.48. The molecule has 2 heterocycles. The fourth-order valence-corrected chi connectivity index (χ4v) is 3.37. The highest BCUT2D eigenvalue weighted by molar-refractivity contribution is 7.22. The highest BCUT2D eigenvalue weighted by Gasteiger charge is 2.25. The number of amides is 1. The zero-order valence-corrected chi connectivity index (χ0v) is 11.7. The number of piperidine rings is 1. The van der Waals surface area contributed by atoms with E-state index < -0.39 is 0 Å². The summed E-state index contributed by atoms with van der Waals surface area (Å²) >= 11 is 1.53. The van der Waals surface area contributed by atoms with Gasteiger partial charge in [0.25, 0.3) is 0 Å². The number of aromatic nitrogens is 1. The van der Waals surface area contributed by atoms with Gasteiger partial charge in [-0.1, -0.05) is 23.5 Å². The molecule has 1 aliphatic rings. The lowest BCUT2D eigenvalue weighted by molar-refractivity contribution is -0.120. The Bertz CT molecular complexity index is 562. The van der Waals surface area contributed by atoms with Crippen LogP contribution in [-0.4, -0.2) is 23.5 Å². The number of hydrogen-bond acceptors (Lipinski definition) is 4. The Morgan fingerprint density at radius 3 is 3.11 bits per heavy atom. The molecule has 1 saturated heterocycles. The molecule has 1 fully saturated rings. The van der Waals surface area contributed by atoms with Crippen molar-refractivity contribution in [2.75, 3.05) is 11.9 Å². The van der Waals surface area contributed by atoms with Crippen molar-refractivity contribution in [1.29, 1.82) is 0 Å². The molecule has 1 amide bonds. The number of para-hydroxylation sites is 1. The lowest BCUT2D eigenvalue weighted by Gasteiger charge is -2.26. The van der Waals surface area contributed by atoms with Crippen LogP contribution in [-0.2, 0) is 4.79 Å². The highest BCUT2D eigenvalue weighted by atomic mass is 32.1. The van der Waals surface area contributed by atoms with Gasteiger partial charge in [0, 0.05) is 12.0 Å². The van der Waals surface area contributed by atoms with Crippen LogP contribution in [0.25, 0.3) is 10.2 Å². The summed E-state index contributed by atoms with van der Waals surface area (Å²) in [4.78, 5) is 16.7. The molecular weight excluding hydrogens is 258 g/mol. The van der Waals surface area contributed by atoms with Gasteiger partial charge in [-0.25, -0.2) is 4.98 Å². The third kappa shape index (κ3) is 2.77. The van der Waals surface area contributed by atoms with Gasteiger partial charge in [-0.15, -0.1) is 0 Å². The number of anilines is 1. The third-order valence-corrected chi connectivity index (χ3v) is 4.47. The van der Waals surface area contributed by atoms with Crippen LogP contribution in [0.5, 0.6) is 0 Å². The summed E-state index contributed by atoms with van der Waals surface area (Å²) in [5.41, 5.74) is 0.946. The molecule has 19 heavy (non-hydrogen) atoms. The van der Waals surface area contributed by atoms with Crippen molar-refractivity contribution < 1.29 is 4.79 Å². The predicted octanol–water partition coefficient (Wildman–Crippen LogP) is 2.62. The monoisotopic (exact) mass is 275 g/mol. The number of carbonyl (C=O) groups is 1. The number of nitrogens with one attached hydrogen (secondary N) is 2. The van der Waals surface area contributed by atoms with Gasteiger partial charge in [0.05, 0.1) is 10.2 Å². The molecule has 3 rings (SSSR count). The molecule has 1 aromatic carbocycles. The van der Waals surface area contributed by atoms with E-state index in [1.807, 2.05) is 24.3 Å². The van der Waals surface area contributed by atoms with Crippen LogP contribution in [0.3, 0.4) is 0 Å². The first-order chi connectivity index (χ1) is 9.22. The van der Waals surface area contributed by atoms with Gasteiger partial charge in [-0.2, -0.15) is 0 Å². The first kappa shape index (κ1) is 12.6. The fourth-order valence-electron chi connectivity index (χ4n) is 2.50. The van der Waals surface area contributed by atoms with E-state index in [0.717, 1.165) is 29.6 Å². The van der Waals surface area contributed by atoms with Crippen molar-refractivity contribution in [3.63, 3.8) is 0 Å². The van der Waals surface area contributed by atoms with Gasteiger partial charge in [0.2, 0.25) is 5.91 Å². The summed E-state index contributed by atoms with van der Waals surface area (Å²) in [6, 6.07) is 8.35. The van der Waals surface area contributed by atoms with Crippen LogP contribution in [0.15, 0.2) is 24.3 Å². The second-order valence-electron chi connectivity index (χ2n) is 5.05. The fraction of sp³-hybridized carbons (Fsp3) is 0.429. The van der Waals surface area contributed by atoms with Crippen LogP contribution in [0.2, 0.25) is 0 Å². The summed E-state index contributed by atoms with van der Waals surface area (Å²) in [6.07, 6.45) is 1.80. The normalized spacial score (nSPS) is 23.4. The van der Waals surface area contributed by atoms with Crippen molar-refractivity contribution >= 4 is 32.6 Å². The van der Waals surface area contributed by atoms with Crippen molar-refractivity contribution in [2.45, 2.75) is 25.8 Å². The Labute approximate surface area is 116 Å². The van der Waals surface area contributed by atoms with Gasteiger partial charge >= 0.3 is 0 Å². The third-order valence-electron chi connectivity index (χ3n) is 3.52. The molecule has 1 aromatic heterocycles. The van der Waals surface area contributed by atoms with Gasteiger partial charge in [-0.3, -0.25) is 4.79 Å². The second-order valence-corrected chi connectivity index (χ2v) is 6.08. The molecule has 5 heteroatoms. The summed E-state index contributed by atoms with van der Waals surface area (Å²) in [7, 11) is 0. The van der Waals surface area contributed by atoms with Gasteiger partial charge < -0.3 is 10.6 Å². The molecule has 1 aliphatic heterocycles. The van der Waals surface area contributed by atoms with Crippen molar-refractivity contribution in [3.8, 4) is 0 Å².